The van der Waals surface area contributed by atoms with Crippen LogP contribution in [-0.2, 0) is 22.4 Å². The predicted octanol–water partition coefficient (Wildman–Crippen LogP) is 4.01. The number of anilines is 1. The molecule has 0 radical (unpaired) electrons. The van der Waals surface area contributed by atoms with Crippen LogP contribution in [0.4, 0.5) is 5.13 Å². The summed E-state index contributed by atoms with van der Waals surface area (Å²) in [6, 6.07) is 9.23. The van der Waals surface area contributed by atoms with Crippen molar-refractivity contribution in [2.45, 2.75) is 57.9 Å². The standard InChI is InChI=1S/C20H25N3O2S/c1-14(24)21-17(15-9-5-4-6-10-15)13-19(25)23-20-22-16-11-7-2-3-8-12-18(16)26-20/h4-6,9-10,17H,2-3,7-8,11-13H2,1H3,(H,21,24)(H,22,23,25). The van der Waals surface area contributed by atoms with Gasteiger partial charge in [0.05, 0.1) is 18.2 Å². The Bertz CT molecular complexity index is 732. The number of carbonyl (C=O) groups is 2. The molecule has 2 aromatic rings. The fraction of sp³-hybridized carbons (Fsp3) is 0.450. The van der Waals surface area contributed by atoms with E-state index in [9.17, 15) is 9.59 Å². The van der Waals surface area contributed by atoms with E-state index in [0.29, 0.717) is 5.13 Å². The molecule has 0 aliphatic heterocycles. The lowest BCUT2D eigenvalue weighted by Crippen LogP contribution is -2.29. The summed E-state index contributed by atoms with van der Waals surface area (Å²) in [6.45, 7) is 1.47. The molecule has 1 heterocycles. The van der Waals surface area contributed by atoms with Crippen LogP contribution in [0.5, 0.6) is 0 Å². The minimum absolute atomic E-state index is 0.130. The number of hydrogen-bond donors (Lipinski definition) is 2. The van der Waals surface area contributed by atoms with Gasteiger partial charge in [-0.3, -0.25) is 9.59 Å². The van der Waals surface area contributed by atoms with Crippen LogP contribution in [0, 0.1) is 0 Å². The maximum Gasteiger partial charge on any atom is 0.228 e. The molecular formula is C20H25N3O2S. The second kappa shape index (κ2) is 8.94. The Morgan fingerprint density at radius 2 is 1.85 bits per heavy atom. The van der Waals surface area contributed by atoms with Crippen LogP contribution in [-0.4, -0.2) is 16.8 Å². The van der Waals surface area contributed by atoms with E-state index in [4.69, 9.17) is 0 Å². The molecule has 0 bridgehead atoms. The number of thiazole rings is 1. The van der Waals surface area contributed by atoms with Gasteiger partial charge in [-0.2, -0.15) is 0 Å². The van der Waals surface area contributed by atoms with Crippen LogP contribution in [0.25, 0.3) is 0 Å². The van der Waals surface area contributed by atoms with Gasteiger partial charge in [0.15, 0.2) is 5.13 Å². The number of amides is 2. The quantitative estimate of drug-likeness (QED) is 0.834. The van der Waals surface area contributed by atoms with Gasteiger partial charge in [-0.1, -0.05) is 43.2 Å². The molecule has 2 amide bonds. The fourth-order valence-corrected chi connectivity index (χ4v) is 4.36. The average Bonchev–Trinajstić information content (AvgIpc) is 2.95. The topological polar surface area (TPSA) is 71.1 Å². The molecule has 1 atom stereocenters. The maximum absolute atomic E-state index is 12.5. The van der Waals surface area contributed by atoms with Crippen molar-refractivity contribution in [1.29, 1.82) is 0 Å². The molecule has 138 valence electrons. The van der Waals surface area contributed by atoms with E-state index in [1.165, 1.54) is 37.5 Å². The van der Waals surface area contributed by atoms with Crippen molar-refractivity contribution < 1.29 is 9.59 Å². The van der Waals surface area contributed by atoms with Crippen molar-refractivity contribution in [2.75, 3.05) is 5.32 Å². The number of benzene rings is 1. The van der Waals surface area contributed by atoms with Gasteiger partial charge in [0.25, 0.3) is 0 Å². The van der Waals surface area contributed by atoms with Gasteiger partial charge in [-0.25, -0.2) is 4.98 Å². The summed E-state index contributed by atoms with van der Waals surface area (Å²) < 4.78 is 0. The Kier molecular flexibility index (Phi) is 6.39. The molecule has 6 heteroatoms. The highest BCUT2D eigenvalue weighted by atomic mass is 32.1. The Morgan fingerprint density at radius 1 is 1.12 bits per heavy atom. The van der Waals surface area contributed by atoms with Crippen LogP contribution in [0.15, 0.2) is 30.3 Å². The lowest BCUT2D eigenvalue weighted by Gasteiger charge is -2.17. The lowest BCUT2D eigenvalue weighted by molar-refractivity contribution is -0.120. The van der Waals surface area contributed by atoms with E-state index in [1.807, 2.05) is 30.3 Å². The van der Waals surface area contributed by atoms with E-state index in [-0.39, 0.29) is 24.3 Å². The second-order valence-electron chi connectivity index (χ2n) is 6.72. The Labute approximate surface area is 158 Å². The van der Waals surface area contributed by atoms with Gasteiger partial charge in [-0.05, 0) is 31.2 Å². The summed E-state index contributed by atoms with van der Waals surface area (Å²) in [5, 5.41) is 6.47. The monoisotopic (exact) mass is 371 g/mol. The van der Waals surface area contributed by atoms with Crippen molar-refractivity contribution in [2.24, 2.45) is 0 Å². The smallest absolute Gasteiger partial charge is 0.228 e. The van der Waals surface area contributed by atoms with E-state index >= 15 is 0 Å². The number of hydrogen-bond acceptors (Lipinski definition) is 4. The number of nitrogens with one attached hydrogen (secondary N) is 2. The van der Waals surface area contributed by atoms with Gasteiger partial charge >= 0.3 is 0 Å². The fourth-order valence-electron chi connectivity index (χ4n) is 3.30. The zero-order chi connectivity index (χ0) is 18.4. The third-order valence-corrected chi connectivity index (χ3v) is 5.63. The van der Waals surface area contributed by atoms with Crippen LogP contribution in [0.2, 0.25) is 0 Å². The second-order valence-corrected chi connectivity index (χ2v) is 7.80. The third-order valence-electron chi connectivity index (χ3n) is 4.56. The van der Waals surface area contributed by atoms with Gasteiger partial charge < -0.3 is 10.6 Å². The molecule has 5 nitrogen and oxygen atoms in total. The zero-order valence-corrected chi connectivity index (χ0v) is 15.9. The van der Waals surface area contributed by atoms with Crippen LogP contribution >= 0.6 is 11.3 Å². The Morgan fingerprint density at radius 3 is 2.58 bits per heavy atom. The number of rotatable bonds is 5. The highest BCUT2D eigenvalue weighted by Crippen LogP contribution is 2.29. The van der Waals surface area contributed by atoms with E-state index < -0.39 is 0 Å². The number of carbonyl (C=O) groups excluding carboxylic acids is 2. The van der Waals surface area contributed by atoms with Gasteiger partial charge in [0.2, 0.25) is 11.8 Å². The number of aromatic nitrogens is 1. The number of fused-ring (bicyclic) bond motifs is 1. The lowest BCUT2D eigenvalue weighted by atomic mass is 10.0. The summed E-state index contributed by atoms with van der Waals surface area (Å²) in [7, 11) is 0. The van der Waals surface area contributed by atoms with Crippen molar-refractivity contribution in [3.63, 3.8) is 0 Å². The van der Waals surface area contributed by atoms with Crippen molar-refractivity contribution in [1.82, 2.24) is 10.3 Å². The highest BCUT2D eigenvalue weighted by molar-refractivity contribution is 7.15. The Balaban J connectivity index is 1.66. The molecule has 1 aliphatic carbocycles. The number of aryl methyl sites for hydroxylation is 2. The van der Waals surface area contributed by atoms with Gasteiger partial charge in [-0.15, -0.1) is 11.3 Å². The van der Waals surface area contributed by atoms with E-state index in [0.717, 1.165) is 24.1 Å². The minimum Gasteiger partial charge on any atom is -0.349 e. The molecule has 26 heavy (non-hydrogen) atoms. The summed E-state index contributed by atoms with van der Waals surface area (Å²) in [5.41, 5.74) is 2.07. The first kappa shape index (κ1) is 18.6. The summed E-state index contributed by atoms with van der Waals surface area (Å²) in [6.07, 6.45) is 7.14. The van der Waals surface area contributed by atoms with Crippen molar-refractivity contribution >= 4 is 28.3 Å². The SMILES string of the molecule is CC(=O)NC(CC(=O)Nc1nc2c(s1)CCCCCC2)c1ccccc1. The molecule has 1 aliphatic rings. The molecule has 1 aromatic carbocycles. The maximum atomic E-state index is 12.5. The number of nitrogens with zero attached hydrogens (tertiary/aromatic N) is 1. The minimum atomic E-state index is -0.338. The Hall–Kier alpha value is -2.21. The first-order chi connectivity index (χ1) is 12.6. The molecule has 0 saturated heterocycles. The normalized spacial score (nSPS) is 15.3. The van der Waals surface area contributed by atoms with Crippen LogP contribution < -0.4 is 10.6 Å². The van der Waals surface area contributed by atoms with E-state index in [1.54, 1.807) is 11.3 Å². The predicted molar refractivity (Wildman–Crippen MR) is 104 cm³/mol. The first-order valence-electron chi connectivity index (χ1n) is 9.22. The zero-order valence-electron chi connectivity index (χ0n) is 15.1. The average molecular weight is 372 g/mol. The van der Waals surface area contributed by atoms with Gasteiger partial charge in [0.1, 0.15) is 0 Å². The summed E-state index contributed by atoms with van der Waals surface area (Å²) >= 11 is 1.59. The molecular weight excluding hydrogens is 346 g/mol. The van der Waals surface area contributed by atoms with Crippen molar-refractivity contribution in [3.05, 3.63) is 46.5 Å². The van der Waals surface area contributed by atoms with Crippen LogP contribution in [0.3, 0.4) is 0 Å². The first-order valence-corrected chi connectivity index (χ1v) is 10.0. The van der Waals surface area contributed by atoms with Gasteiger partial charge in [0, 0.05) is 11.8 Å². The molecule has 1 unspecified atom stereocenters. The highest BCUT2D eigenvalue weighted by Gasteiger charge is 2.19. The molecule has 0 spiro atoms. The molecule has 2 N–H and O–H groups in total. The summed E-state index contributed by atoms with van der Waals surface area (Å²) in [4.78, 5) is 30.0. The molecule has 0 fully saturated rings. The molecule has 1 aromatic heterocycles. The largest absolute Gasteiger partial charge is 0.349 e. The van der Waals surface area contributed by atoms with E-state index in [2.05, 4.69) is 15.6 Å². The molecule has 0 saturated carbocycles. The molecule has 3 rings (SSSR count). The summed E-state index contributed by atoms with van der Waals surface area (Å²) in [5.74, 6) is -0.279. The van der Waals surface area contributed by atoms with Crippen molar-refractivity contribution in [3.8, 4) is 0 Å². The van der Waals surface area contributed by atoms with Crippen LogP contribution in [0.1, 0.15) is 61.2 Å². The third kappa shape index (κ3) is 5.14.